The predicted molar refractivity (Wildman–Crippen MR) is 67.3 cm³/mol. The van der Waals surface area contributed by atoms with Crippen LogP contribution in [0.2, 0.25) is 0 Å². The maximum absolute atomic E-state index is 10.7. The van der Waals surface area contributed by atoms with Crippen molar-refractivity contribution in [2.75, 3.05) is 6.61 Å². The van der Waals surface area contributed by atoms with Gasteiger partial charge in [0.15, 0.2) is 5.79 Å². The number of hydrogen-bond donors (Lipinski definition) is 1. The first-order chi connectivity index (χ1) is 8.61. The minimum atomic E-state index is -0.863. The van der Waals surface area contributed by atoms with Gasteiger partial charge in [-0.15, -0.1) is 0 Å². The molecular weight excluding hydrogens is 232 g/mol. The molecule has 1 unspecified atom stereocenters. The van der Waals surface area contributed by atoms with E-state index in [4.69, 9.17) is 14.6 Å². The van der Waals surface area contributed by atoms with Crippen molar-refractivity contribution >= 4 is 5.97 Å². The molecule has 2 fully saturated rings. The number of rotatable bonds is 3. The van der Waals surface area contributed by atoms with Crippen molar-refractivity contribution in [3.8, 4) is 0 Å². The maximum atomic E-state index is 10.7. The molecule has 1 saturated carbocycles. The second-order valence-electron chi connectivity index (χ2n) is 5.30. The summed E-state index contributed by atoms with van der Waals surface area (Å²) in [5.41, 5.74) is 0.375. The van der Waals surface area contributed by atoms with Gasteiger partial charge in [-0.25, -0.2) is 4.79 Å². The van der Waals surface area contributed by atoms with E-state index in [1.165, 1.54) is 12.8 Å². The van der Waals surface area contributed by atoms with Crippen LogP contribution in [0.4, 0.5) is 0 Å². The van der Waals surface area contributed by atoms with Crippen LogP contribution in [-0.2, 0) is 14.3 Å². The van der Waals surface area contributed by atoms with Gasteiger partial charge in [0.1, 0.15) is 0 Å². The first kappa shape index (κ1) is 13.6. The Morgan fingerprint density at radius 2 is 2.00 bits per heavy atom. The lowest BCUT2D eigenvalue weighted by Gasteiger charge is -2.26. The quantitative estimate of drug-likeness (QED) is 0.787. The Hall–Kier alpha value is -0.870. The van der Waals surface area contributed by atoms with Crippen LogP contribution in [0, 0.1) is 0 Å². The maximum Gasteiger partial charge on any atom is 0.330 e. The summed E-state index contributed by atoms with van der Waals surface area (Å²) >= 11 is 0. The summed E-state index contributed by atoms with van der Waals surface area (Å²) in [6, 6.07) is 0. The second-order valence-corrected chi connectivity index (χ2v) is 5.30. The summed E-state index contributed by atoms with van der Waals surface area (Å²) in [6.07, 6.45) is 9.17. The van der Waals surface area contributed by atoms with Crippen molar-refractivity contribution in [3.05, 3.63) is 11.6 Å². The molecule has 0 aromatic carbocycles. The van der Waals surface area contributed by atoms with E-state index in [-0.39, 0.29) is 11.9 Å². The third-order valence-electron chi connectivity index (χ3n) is 3.80. The normalized spacial score (nSPS) is 28.3. The van der Waals surface area contributed by atoms with Gasteiger partial charge in [0.2, 0.25) is 0 Å². The Balaban J connectivity index is 1.87. The van der Waals surface area contributed by atoms with Crippen LogP contribution in [0.3, 0.4) is 0 Å². The Labute approximate surface area is 108 Å². The van der Waals surface area contributed by atoms with Crippen LogP contribution in [-0.4, -0.2) is 29.6 Å². The van der Waals surface area contributed by atoms with E-state index in [2.05, 4.69) is 0 Å². The van der Waals surface area contributed by atoms with E-state index in [9.17, 15) is 4.79 Å². The molecule has 1 heterocycles. The lowest BCUT2D eigenvalue weighted by Crippen LogP contribution is -2.30. The Morgan fingerprint density at radius 1 is 1.33 bits per heavy atom. The van der Waals surface area contributed by atoms with Crippen molar-refractivity contribution in [2.45, 2.75) is 63.8 Å². The molecule has 1 aliphatic heterocycles. The summed E-state index contributed by atoms with van der Waals surface area (Å²) in [5.74, 6) is -1.23. The van der Waals surface area contributed by atoms with Crippen molar-refractivity contribution in [2.24, 2.45) is 0 Å². The van der Waals surface area contributed by atoms with Crippen molar-refractivity contribution in [1.82, 2.24) is 0 Å². The SMILES string of the molecule is CC(=CCC1COC2(CCCCCC2)O1)C(=O)O. The van der Waals surface area contributed by atoms with Gasteiger partial charge in [-0.1, -0.05) is 18.9 Å². The average molecular weight is 254 g/mol. The minimum Gasteiger partial charge on any atom is -0.478 e. The summed E-state index contributed by atoms with van der Waals surface area (Å²) in [6.45, 7) is 2.20. The van der Waals surface area contributed by atoms with Crippen LogP contribution in [0.1, 0.15) is 51.9 Å². The van der Waals surface area contributed by atoms with E-state index in [1.54, 1.807) is 13.0 Å². The van der Waals surface area contributed by atoms with Crippen LogP contribution in [0.25, 0.3) is 0 Å². The lowest BCUT2D eigenvalue weighted by atomic mass is 10.1. The molecule has 2 rings (SSSR count). The summed E-state index contributed by atoms with van der Waals surface area (Å²) in [4.78, 5) is 10.7. The van der Waals surface area contributed by atoms with E-state index in [1.807, 2.05) is 0 Å². The number of carbonyl (C=O) groups is 1. The zero-order valence-corrected chi connectivity index (χ0v) is 11.0. The van der Waals surface area contributed by atoms with Gasteiger partial charge in [-0.05, 0) is 26.2 Å². The molecule has 1 N–H and O–H groups in total. The Kier molecular flexibility index (Phi) is 4.40. The van der Waals surface area contributed by atoms with Crippen LogP contribution >= 0.6 is 0 Å². The molecule has 0 aromatic heterocycles. The standard InChI is InChI=1S/C14H22O4/c1-11(13(15)16)6-7-12-10-17-14(18-12)8-4-2-3-5-9-14/h6,12H,2-5,7-10H2,1H3,(H,15,16). The first-order valence-corrected chi connectivity index (χ1v) is 6.83. The zero-order valence-electron chi connectivity index (χ0n) is 11.0. The molecule has 2 aliphatic rings. The van der Waals surface area contributed by atoms with Crippen molar-refractivity contribution in [1.29, 1.82) is 0 Å². The van der Waals surface area contributed by atoms with Gasteiger partial charge in [0, 0.05) is 18.4 Å². The Morgan fingerprint density at radius 3 is 2.61 bits per heavy atom. The van der Waals surface area contributed by atoms with E-state index < -0.39 is 5.97 Å². The fourth-order valence-electron chi connectivity index (χ4n) is 2.66. The molecule has 0 amide bonds. The fraction of sp³-hybridized carbons (Fsp3) is 0.786. The predicted octanol–water partition coefficient (Wildman–Crippen LogP) is 2.87. The van der Waals surface area contributed by atoms with Gasteiger partial charge in [-0.3, -0.25) is 0 Å². The van der Waals surface area contributed by atoms with Gasteiger partial charge in [-0.2, -0.15) is 0 Å². The highest BCUT2D eigenvalue weighted by Gasteiger charge is 2.40. The number of carboxylic acid groups (broad SMARTS) is 1. The van der Waals surface area contributed by atoms with Gasteiger partial charge >= 0.3 is 5.97 Å². The second kappa shape index (κ2) is 5.85. The smallest absolute Gasteiger partial charge is 0.330 e. The van der Waals surface area contributed by atoms with Gasteiger partial charge in [0.05, 0.1) is 12.7 Å². The van der Waals surface area contributed by atoms with Crippen molar-refractivity contribution < 1.29 is 19.4 Å². The van der Waals surface area contributed by atoms with E-state index >= 15 is 0 Å². The van der Waals surface area contributed by atoms with Crippen LogP contribution < -0.4 is 0 Å². The van der Waals surface area contributed by atoms with E-state index in [0.717, 1.165) is 25.7 Å². The van der Waals surface area contributed by atoms with E-state index in [0.29, 0.717) is 18.6 Å². The number of aliphatic carboxylic acids is 1. The van der Waals surface area contributed by atoms with Crippen molar-refractivity contribution in [3.63, 3.8) is 0 Å². The third-order valence-corrected chi connectivity index (χ3v) is 3.80. The third kappa shape index (κ3) is 3.33. The average Bonchev–Trinajstić information content (AvgIpc) is 2.59. The summed E-state index contributed by atoms with van der Waals surface area (Å²) < 4.78 is 11.9. The van der Waals surface area contributed by atoms with Gasteiger partial charge < -0.3 is 14.6 Å². The molecular formula is C14H22O4. The van der Waals surface area contributed by atoms with Crippen LogP contribution in [0.5, 0.6) is 0 Å². The highest BCUT2D eigenvalue weighted by atomic mass is 16.7. The molecule has 1 atom stereocenters. The molecule has 0 aromatic rings. The zero-order chi connectivity index (χ0) is 13.0. The van der Waals surface area contributed by atoms with Gasteiger partial charge in [0.25, 0.3) is 0 Å². The molecule has 1 spiro atoms. The molecule has 1 saturated heterocycles. The summed E-state index contributed by atoms with van der Waals surface area (Å²) in [7, 11) is 0. The van der Waals surface area contributed by atoms with Crippen LogP contribution in [0.15, 0.2) is 11.6 Å². The largest absolute Gasteiger partial charge is 0.478 e. The highest BCUT2D eigenvalue weighted by molar-refractivity contribution is 5.85. The molecule has 0 radical (unpaired) electrons. The fourth-order valence-corrected chi connectivity index (χ4v) is 2.66. The first-order valence-electron chi connectivity index (χ1n) is 6.83. The molecule has 4 nitrogen and oxygen atoms in total. The molecule has 18 heavy (non-hydrogen) atoms. The topological polar surface area (TPSA) is 55.8 Å². The molecule has 0 bridgehead atoms. The highest BCUT2D eigenvalue weighted by Crippen LogP contribution is 2.37. The monoisotopic (exact) mass is 254 g/mol. The number of ether oxygens (including phenoxy) is 2. The lowest BCUT2D eigenvalue weighted by molar-refractivity contribution is -0.175. The summed E-state index contributed by atoms with van der Waals surface area (Å²) in [5, 5.41) is 8.79. The minimum absolute atomic E-state index is 0.0115. The molecule has 4 heteroatoms. The number of carboxylic acids is 1. The molecule has 102 valence electrons. The molecule has 1 aliphatic carbocycles. The Bertz CT molecular complexity index is 327. The number of hydrogen-bond acceptors (Lipinski definition) is 3.